The van der Waals surface area contributed by atoms with Gasteiger partial charge in [0.25, 0.3) is 17.7 Å². The van der Waals surface area contributed by atoms with Crippen molar-refractivity contribution in [3.8, 4) is 5.75 Å². The summed E-state index contributed by atoms with van der Waals surface area (Å²) < 4.78 is 5.54. The molecule has 4 atom stereocenters. The summed E-state index contributed by atoms with van der Waals surface area (Å²) in [6.45, 7) is 1.71. The van der Waals surface area contributed by atoms with Crippen molar-refractivity contribution in [3.05, 3.63) is 70.8 Å². The molecule has 3 amide bonds. The number of rotatable bonds is 6. The zero-order chi connectivity index (χ0) is 23.1. The molecule has 2 fully saturated rings. The summed E-state index contributed by atoms with van der Waals surface area (Å²) in [5.41, 5.74) is 2.29. The lowest BCUT2D eigenvalue weighted by Gasteiger charge is -2.13. The van der Waals surface area contributed by atoms with Gasteiger partial charge in [-0.2, -0.15) is 10.1 Å². The number of imide groups is 1. The Labute approximate surface area is 196 Å². The van der Waals surface area contributed by atoms with E-state index in [4.69, 9.17) is 16.3 Å². The van der Waals surface area contributed by atoms with Crippen LogP contribution in [-0.2, 0) is 14.4 Å². The number of anilines is 1. The van der Waals surface area contributed by atoms with Crippen LogP contribution in [0.15, 0.2) is 59.7 Å². The van der Waals surface area contributed by atoms with E-state index in [2.05, 4.69) is 10.4 Å². The van der Waals surface area contributed by atoms with Crippen molar-refractivity contribution in [2.24, 2.45) is 28.8 Å². The van der Waals surface area contributed by atoms with Crippen LogP contribution in [-0.4, -0.2) is 35.6 Å². The van der Waals surface area contributed by atoms with Crippen molar-refractivity contribution >= 4 is 41.2 Å². The third-order valence-electron chi connectivity index (χ3n) is 6.50. The van der Waals surface area contributed by atoms with Crippen molar-refractivity contribution in [1.29, 1.82) is 0 Å². The fourth-order valence-corrected chi connectivity index (χ4v) is 5.13. The number of carbonyl (C=O) groups excluding carboxylic acids is 3. The molecule has 33 heavy (non-hydrogen) atoms. The number of carbonyl (C=O) groups is 3. The van der Waals surface area contributed by atoms with Gasteiger partial charge in [-0.05, 0) is 60.6 Å². The Kier molecular flexibility index (Phi) is 5.50. The van der Waals surface area contributed by atoms with Gasteiger partial charge in [0, 0.05) is 5.69 Å². The molecule has 7 nitrogen and oxygen atoms in total. The number of allylic oxidation sites excluding steroid dienone is 2. The van der Waals surface area contributed by atoms with Crippen LogP contribution in [0.4, 0.5) is 5.69 Å². The molecular weight excluding hydrogens is 442 g/mol. The van der Waals surface area contributed by atoms with Crippen LogP contribution >= 0.6 is 11.6 Å². The van der Waals surface area contributed by atoms with Gasteiger partial charge in [-0.25, -0.2) is 0 Å². The first-order valence-electron chi connectivity index (χ1n) is 10.8. The average Bonchev–Trinajstić information content (AvgIpc) is 3.47. The van der Waals surface area contributed by atoms with Gasteiger partial charge in [0.1, 0.15) is 5.75 Å². The molecule has 2 aromatic carbocycles. The minimum atomic E-state index is -0.300. The number of ether oxygens (including phenoxy) is 1. The summed E-state index contributed by atoms with van der Waals surface area (Å²) in [5.74, 6) is -0.696. The van der Waals surface area contributed by atoms with Gasteiger partial charge < -0.3 is 10.1 Å². The second-order valence-electron chi connectivity index (χ2n) is 8.57. The average molecular weight is 464 g/mol. The van der Waals surface area contributed by atoms with Crippen molar-refractivity contribution in [2.45, 2.75) is 13.3 Å². The molecule has 0 radical (unpaired) electrons. The van der Waals surface area contributed by atoms with Gasteiger partial charge in [-0.3, -0.25) is 14.4 Å². The predicted molar refractivity (Wildman–Crippen MR) is 124 cm³/mol. The summed E-state index contributed by atoms with van der Waals surface area (Å²) >= 11 is 6.30. The van der Waals surface area contributed by atoms with E-state index in [1.807, 2.05) is 43.3 Å². The van der Waals surface area contributed by atoms with Gasteiger partial charge in [0.05, 0.1) is 23.1 Å². The van der Waals surface area contributed by atoms with Gasteiger partial charge in [0.15, 0.2) is 6.61 Å². The van der Waals surface area contributed by atoms with E-state index in [9.17, 15) is 14.4 Å². The predicted octanol–water partition coefficient (Wildman–Crippen LogP) is 3.81. The summed E-state index contributed by atoms with van der Waals surface area (Å²) in [4.78, 5) is 37.6. The number of amides is 3. The normalized spacial score (nSPS) is 25.2. The molecule has 1 N–H and O–H groups in total. The van der Waals surface area contributed by atoms with E-state index in [0.29, 0.717) is 16.3 Å². The first kappa shape index (κ1) is 21.4. The number of halogens is 1. The topological polar surface area (TPSA) is 88.1 Å². The summed E-state index contributed by atoms with van der Waals surface area (Å²) in [6.07, 6.45) is 6.41. The van der Waals surface area contributed by atoms with Crippen molar-refractivity contribution < 1.29 is 19.1 Å². The Morgan fingerprint density at radius 1 is 1.15 bits per heavy atom. The smallest absolute Gasteiger partial charge is 0.262 e. The Bertz CT molecular complexity index is 1180. The number of fused-ring (bicyclic) bond motifs is 5. The quantitative estimate of drug-likeness (QED) is 0.401. The van der Waals surface area contributed by atoms with Crippen LogP contribution in [0.5, 0.6) is 5.75 Å². The van der Waals surface area contributed by atoms with Gasteiger partial charge >= 0.3 is 0 Å². The van der Waals surface area contributed by atoms with E-state index in [0.717, 1.165) is 22.7 Å². The lowest BCUT2D eigenvalue weighted by atomic mass is 9.85. The van der Waals surface area contributed by atoms with Crippen LogP contribution in [0, 0.1) is 30.6 Å². The number of nitrogens with zero attached hydrogens (tertiary/aromatic N) is 2. The zero-order valence-corrected chi connectivity index (χ0v) is 18.7. The third-order valence-corrected chi connectivity index (χ3v) is 6.80. The molecule has 1 saturated heterocycles. The van der Waals surface area contributed by atoms with Crippen molar-refractivity contribution in [2.75, 3.05) is 11.9 Å². The molecule has 0 aromatic heterocycles. The maximum atomic E-state index is 12.7. The van der Waals surface area contributed by atoms with E-state index < -0.39 is 0 Å². The van der Waals surface area contributed by atoms with Crippen LogP contribution in [0.25, 0.3) is 0 Å². The molecule has 2 aliphatic carbocycles. The van der Waals surface area contributed by atoms with Gasteiger partial charge in [0.2, 0.25) is 0 Å². The minimum absolute atomic E-state index is 0.144. The van der Waals surface area contributed by atoms with Crippen molar-refractivity contribution in [1.82, 2.24) is 5.01 Å². The number of hydrogen-bond acceptors (Lipinski definition) is 5. The third kappa shape index (κ3) is 3.93. The molecule has 168 valence electrons. The maximum absolute atomic E-state index is 12.7. The molecule has 8 heteroatoms. The first-order valence-corrected chi connectivity index (χ1v) is 11.2. The lowest BCUT2D eigenvalue weighted by Crippen LogP contribution is -2.28. The molecule has 3 aliphatic rings. The molecule has 5 rings (SSSR count). The highest BCUT2D eigenvalue weighted by Gasteiger charge is 2.59. The van der Waals surface area contributed by atoms with Crippen LogP contribution in [0.2, 0.25) is 5.02 Å². The lowest BCUT2D eigenvalue weighted by molar-refractivity contribution is -0.140. The fraction of sp³-hybridized carbons (Fsp3) is 0.280. The Morgan fingerprint density at radius 3 is 2.52 bits per heavy atom. The van der Waals surface area contributed by atoms with Crippen LogP contribution in [0.1, 0.15) is 17.5 Å². The number of nitrogens with one attached hydrogen (secondary N) is 1. The summed E-state index contributed by atoms with van der Waals surface area (Å²) in [6, 6.07) is 12.4. The van der Waals surface area contributed by atoms with Crippen LogP contribution in [0.3, 0.4) is 0 Å². The van der Waals surface area contributed by atoms with E-state index >= 15 is 0 Å². The second-order valence-corrected chi connectivity index (χ2v) is 8.98. The standard InChI is InChI=1S/C25H22ClN3O4/c1-14-4-2-3-5-19(14)28-21(30)13-33-20-9-6-15(10-18(20)26)12-27-29-24(31)22-16-7-8-17(11-16)23(22)25(29)32/h2-10,12,16-17,22-23H,11,13H2,1H3,(H,28,30)/t16-,17-,22-,23+/m0/s1. The van der Waals surface area contributed by atoms with Gasteiger partial charge in [-0.15, -0.1) is 0 Å². The number of hydrogen-bond donors (Lipinski definition) is 1. The first-order chi connectivity index (χ1) is 15.9. The largest absolute Gasteiger partial charge is 0.482 e. The van der Waals surface area contributed by atoms with E-state index in [-0.39, 0.29) is 48.0 Å². The highest BCUT2D eigenvalue weighted by atomic mass is 35.5. The summed E-state index contributed by atoms with van der Waals surface area (Å²) in [7, 11) is 0. The van der Waals surface area contributed by atoms with E-state index in [1.165, 1.54) is 6.21 Å². The second kappa shape index (κ2) is 8.48. The molecule has 1 saturated carbocycles. The molecule has 0 spiro atoms. The molecule has 1 aliphatic heterocycles. The molecule has 1 heterocycles. The van der Waals surface area contributed by atoms with E-state index in [1.54, 1.807) is 18.2 Å². The number of aryl methyl sites for hydroxylation is 1. The number of hydrazone groups is 1. The van der Waals surface area contributed by atoms with Crippen molar-refractivity contribution in [3.63, 3.8) is 0 Å². The summed E-state index contributed by atoms with van der Waals surface area (Å²) in [5, 5.41) is 8.24. The Hall–Kier alpha value is -3.45. The Morgan fingerprint density at radius 2 is 1.85 bits per heavy atom. The molecule has 0 unspecified atom stereocenters. The van der Waals surface area contributed by atoms with Gasteiger partial charge in [-0.1, -0.05) is 42.0 Å². The number of benzene rings is 2. The zero-order valence-electron chi connectivity index (χ0n) is 17.9. The maximum Gasteiger partial charge on any atom is 0.262 e. The highest BCUT2D eigenvalue weighted by molar-refractivity contribution is 6.32. The Balaban J connectivity index is 1.20. The monoisotopic (exact) mass is 463 g/mol. The molecular formula is C25H22ClN3O4. The highest BCUT2D eigenvalue weighted by Crippen LogP contribution is 2.52. The number of para-hydroxylation sites is 1. The minimum Gasteiger partial charge on any atom is -0.482 e. The SMILES string of the molecule is Cc1ccccc1NC(=O)COc1ccc(C=NN2C(=O)[C@@H]3[C@H](C2=O)[C@H]2C=C[C@H]3C2)cc1Cl. The fourth-order valence-electron chi connectivity index (χ4n) is 4.88. The van der Waals surface area contributed by atoms with Crippen LogP contribution < -0.4 is 10.1 Å². The molecule has 2 bridgehead atoms. The molecule has 2 aromatic rings.